The Kier molecular flexibility index (Phi) is 3.01. The van der Waals surface area contributed by atoms with Crippen molar-refractivity contribution in [3.05, 3.63) is 114 Å². The van der Waals surface area contributed by atoms with E-state index in [-0.39, 0.29) is 0 Å². The summed E-state index contributed by atoms with van der Waals surface area (Å²) in [7, 11) is 0. The van der Waals surface area contributed by atoms with E-state index in [0.717, 1.165) is 5.69 Å². The van der Waals surface area contributed by atoms with Crippen LogP contribution in [0.4, 0.5) is 0 Å². The Morgan fingerprint density at radius 3 is 1.84 bits per heavy atom. The van der Waals surface area contributed by atoms with E-state index in [9.17, 15) is 0 Å². The lowest BCUT2D eigenvalue weighted by molar-refractivity contribution is 0.762. The highest BCUT2D eigenvalue weighted by atomic mass is 14.7. The van der Waals surface area contributed by atoms with Crippen LogP contribution >= 0.6 is 0 Å². The topological polar surface area (TPSA) is 38.7 Å². The number of hydrogen-bond donors (Lipinski definition) is 0. The molecule has 0 N–H and O–H groups in total. The van der Waals surface area contributed by atoms with Crippen LogP contribution < -0.4 is 0 Å². The molecular formula is C22H15N3. The highest BCUT2D eigenvalue weighted by molar-refractivity contribution is 5.83. The number of pyridine rings is 3. The maximum atomic E-state index is 4.72. The molecule has 1 aliphatic rings. The van der Waals surface area contributed by atoms with E-state index in [2.05, 4.69) is 64.6 Å². The molecule has 0 radical (unpaired) electrons. The van der Waals surface area contributed by atoms with E-state index >= 15 is 0 Å². The van der Waals surface area contributed by atoms with Gasteiger partial charge < -0.3 is 0 Å². The average Bonchev–Trinajstić information content (AvgIpc) is 3.01. The number of benzene rings is 1. The first-order chi connectivity index (χ1) is 12.4. The zero-order valence-corrected chi connectivity index (χ0v) is 13.5. The first kappa shape index (κ1) is 14.1. The van der Waals surface area contributed by atoms with Crippen molar-refractivity contribution in [3.8, 4) is 11.3 Å². The van der Waals surface area contributed by atoms with Gasteiger partial charge >= 0.3 is 0 Å². The molecule has 118 valence electrons. The van der Waals surface area contributed by atoms with Crippen LogP contribution in [0.15, 0.2) is 91.6 Å². The number of nitrogens with zero attached hydrogens (tertiary/aromatic N) is 3. The van der Waals surface area contributed by atoms with Crippen LogP contribution in [0.5, 0.6) is 0 Å². The summed E-state index contributed by atoms with van der Waals surface area (Å²) in [5, 5.41) is 0. The molecule has 0 fully saturated rings. The molecule has 1 aromatic carbocycles. The summed E-state index contributed by atoms with van der Waals surface area (Å²) < 4.78 is 0. The largest absolute Gasteiger partial charge is 0.265 e. The second-order valence-electron chi connectivity index (χ2n) is 6.17. The summed E-state index contributed by atoms with van der Waals surface area (Å²) in [6.07, 6.45) is 9.29. The van der Waals surface area contributed by atoms with Crippen LogP contribution in [-0.2, 0) is 5.41 Å². The normalized spacial score (nSPS) is 13.9. The fourth-order valence-corrected chi connectivity index (χ4v) is 4.08. The molecule has 0 aliphatic heterocycles. The van der Waals surface area contributed by atoms with Crippen molar-refractivity contribution < 1.29 is 0 Å². The van der Waals surface area contributed by atoms with Crippen LogP contribution in [0.2, 0.25) is 0 Å². The van der Waals surface area contributed by atoms with Gasteiger partial charge in [-0.3, -0.25) is 15.0 Å². The third-order valence-corrected chi connectivity index (χ3v) is 5.02. The van der Waals surface area contributed by atoms with Crippen molar-refractivity contribution >= 4 is 0 Å². The molecule has 3 nitrogen and oxygen atoms in total. The van der Waals surface area contributed by atoms with Crippen LogP contribution in [-0.4, -0.2) is 15.0 Å². The predicted octanol–water partition coefficient (Wildman–Crippen LogP) is 4.23. The maximum absolute atomic E-state index is 4.72. The van der Waals surface area contributed by atoms with E-state index in [1.54, 1.807) is 0 Å². The molecular weight excluding hydrogens is 306 g/mol. The Morgan fingerprint density at radius 1 is 0.560 bits per heavy atom. The van der Waals surface area contributed by atoms with Crippen LogP contribution in [0.25, 0.3) is 11.3 Å². The molecule has 0 bridgehead atoms. The SMILES string of the molecule is c1ccc2c(c1)-c1ncccc1C2(c1ccncc1)c1ccncc1. The van der Waals surface area contributed by atoms with E-state index in [1.165, 1.54) is 27.8 Å². The molecule has 0 saturated carbocycles. The summed E-state index contributed by atoms with van der Waals surface area (Å²) >= 11 is 0. The lowest BCUT2D eigenvalue weighted by Crippen LogP contribution is -2.28. The third kappa shape index (κ3) is 1.83. The van der Waals surface area contributed by atoms with Crippen LogP contribution in [0, 0.1) is 0 Å². The molecule has 5 rings (SSSR count). The van der Waals surface area contributed by atoms with E-state index in [0.29, 0.717) is 0 Å². The molecule has 0 atom stereocenters. The van der Waals surface area contributed by atoms with Gasteiger partial charge in [0.15, 0.2) is 0 Å². The summed E-state index contributed by atoms with van der Waals surface area (Å²) in [6, 6.07) is 21.1. The van der Waals surface area contributed by atoms with Gasteiger partial charge in [-0.2, -0.15) is 0 Å². The molecule has 0 amide bonds. The van der Waals surface area contributed by atoms with Crippen molar-refractivity contribution in [2.24, 2.45) is 0 Å². The molecule has 25 heavy (non-hydrogen) atoms. The Bertz CT molecular complexity index is 956. The Balaban J connectivity index is 1.98. The number of rotatable bonds is 2. The first-order valence-electron chi connectivity index (χ1n) is 8.29. The van der Waals surface area contributed by atoms with Crippen molar-refractivity contribution in [1.29, 1.82) is 0 Å². The number of hydrogen-bond acceptors (Lipinski definition) is 3. The Labute approximate surface area is 146 Å². The highest BCUT2D eigenvalue weighted by Gasteiger charge is 2.46. The molecule has 3 heterocycles. The Hall–Kier alpha value is -3.33. The molecule has 0 spiro atoms. The Morgan fingerprint density at radius 2 is 1.16 bits per heavy atom. The quantitative estimate of drug-likeness (QED) is 0.488. The minimum Gasteiger partial charge on any atom is -0.265 e. The monoisotopic (exact) mass is 321 g/mol. The molecule has 3 aromatic heterocycles. The fourth-order valence-electron chi connectivity index (χ4n) is 4.08. The third-order valence-electron chi connectivity index (χ3n) is 5.02. The molecule has 3 heteroatoms. The minimum absolute atomic E-state index is 0.397. The summed E-state index contributed by atoms with van der Waals surface area (Å²) in [5.41, 5.74) is 6.67. The predicted molar refractivity (Wildman–Crippen MR) is 97.1 cm³/mol. The number of aromatic nitrogens is 3. The zero-order valence-electron chi connectivity index (χ0n) is 13.5. The fraction of sp³-hybridized carbons (Fsp3) is 0.0455. The lowest BCUT2D eigenvalue weighted by Gasteiger charge is -2.33. The van der Waals surface area contributed by atoms with Gasteiger partial charge in [0.2, 0.25) is 0 Å². The van der Waals surface area contributed by atoms with E-state index in [1.807, 2.05) is 37.1 Å². The second-order valence-corrected chi connectivity index (χ2v) is 6.17. The van der Waals surface area contributed by atoms with Gasteiger partial charge in [0.1, 0.15) is 0 Å². The molecule has 1 aliphatic carbocycles. The van der Waals surface area contributed by atoms with Gasteiger partial charge in [0, 0.05) is 36.5 Å². The maximum Gasteiger partial charge on any atom is 0.0753 e. The zero-order chi connectivity index (χ0) is 16.7. The van der Waals surface area contributed by atoms with Gasteiger partial charge in [-0.15, -0.1) is 0 Å². The smallest absolute Gasteiger partial charge is 0.0753 e. The summed E-state index contributed by atoms with van der Waals surface area (Å²) in [5.74, 6) is 0. The summed E-state index contributed by atoms with van der Waals surface area (Å²) in [4.78, 5) is 13.2. The second kappa shape index (κ2) is 5.35. The minimum atomic E-state index is -0.397. The van der Waals surface area contributed by atoms with Gasteiger partial charge in [-0.1, -0.05) is 30.3 Å². The molecule has 0 saturated heterocycles. The lowest BCUT2D eigenvalue weighted by atomic mass is 9.68. The van der Waals surface area contributed by atoms with Crippen LogP contribution in [0.3, 0.4) is 0 Å². The van der Waals surface area contributed by atoms with Gasteiger partial charge in [0.05, 0.1) is 11.1 Å². The molecule has 4 aromatic rings. The van der Waals surface area contributed by atoms with E-state index in [4.69, 9.17) is 4.98 Å². The highest BCUT2D eigenvalue weighted by Crippen LogP contribution is 2.54. The van der Waals surface area contributed by atoms with Gasteiger partial charge in [0.25, 0.3) is 0 Å². The number of fused-ring (bicyclic) bond motifs is 3. The first-order valence-corrected chi connectivity index (χ1v) is 8.29. The van der Waals surface area contributed by atoms with Crippen LogP contribution in [0.1, 0.15) is 22.3 Å². The van der Waals surface area contributed by atoms with Crippen molar-refractivity contribution in [2.75, 3.05) is 0 Å². The molecule has 0 unspecified atom stereocenters. The van der Waals surface area contributed by atoms with Crippen molar-refractivity contribution in [3.63, 3.8) is 0 Å². The summed E-state index contributed by atoms with van der Waals surface area (Å²) in [6.45, 7) is 0. The van der Waals surface area contributed by atoms with Gasteiger partial charge in [-0.25, -0.2) is 0 Å². The van der Waals surface area contributed by atoms with E-state index < -0.39 is 5.41 Å². The standard InChI is InChI=1S/C22H15N3/c1-2-5-19-18(4-1)21-20(6-3-11-25-21)22(19,16-7-12-23-13-8-16)17-9-14-24-15-10-17/h1-15H. The average molecular weight is 321 g/mol. The van der Waals surface area contributed by atoms with Crippen molar-refractivity contribution in [2.45, 2.75) is 5.41 Å². The van der Waals surface area contributed by atoms with Crippen molar-refractivity contribution in [1.82, 2.24) is 15.0 Å². The van der Waals surface area contributed by atoms with Gasteiger partial charge in [-0.05, 0) is 52.6 Å².